The summed E-state index contributed by atoms with van der Waals surface area (Å²) in [6, 6.07) is 54.4. The van der Waals surface area contributed by atoms with Crippen molar-refractivity contribution in [1.82, 2.24) is 0 Å². The summed E-state index contributed by atoms with van der Waals surface area (Å²) in [5, 5.41) is 3.13. The van der Waals surface area contributed by atoms with Gasteiger partial charge in [0.25, 0.3) is 8.32 Å². The molecule has 1 heterocycles. The lowest BCUT2D eigenvalue weighted by atomic mass is 9.84. The fraction of sp³-hybridized carbons (Fsp3) is 0.367. The molecule has 5 atom stereocenters. The van der Waals surface area contributed by atoms with Crippen LogP contribution in [0.5, 0.6) is 11.5 Å². The highest BCUT2D eigenvalue weighted by Gasteiger charge is 2.50. The third kappa shape index (κ3) is 13.6. The molecule has 6 aromatic rings. The molecule has 0 unspecified atom stereocenters. The van der Waals surface area contributed by atoms with Crippen molar-refractivity contribution < 1.29 is 32.8 Å². The second-order valence-electron chi connectivity index (χ2n) is 19.0. The molecule has 364 valence electrons. The van der Waals surface area contributed by atoms with Crippen LogP contribution < -0.4 is 19.8 Å². The van der Waals surface area contributed by atoms with Crippen molar-refractivity contribution in [3.8, 4) is 11.5 Å². The first-order valence-corrected chi connectivity index (χ1v) is 27.0. The second kappa shape index (κ2) is 25.7. The Bertz CT molecular complexity index is 2390. The summed E-state index contributed by atoms with van der Waals surface area (Å²) in [6.45, 7) is 18.5. The minimum Gasteiger partial charge on any atom is -0.494 e. The smallest absolute Gasteiger partial charge is 0.261 e. The van der Waals surface area contributed by atoms with E-state index in [9.17, 15) is 0 Å². The number of ether oxygens (including phenoxy) is 6. The van der Waals surface area contributed by atoms with Crippen LogP contribution in [0.25, 0.3) is 0 Å². The van der Waals surface area contributed by atoms with E-state index in [-0.39, 0.29) is 23.2 Å². The van der Waals surface area contributed by atoms with Crippen LogP contribution in [0.1, 0.15) is 87.8 Å². The van der Waals surface area contributed by atoms with Crippen molar-refractivity contribution in [3.05, 3.63) is 203 Å². The number of hydrogen-bond donors (Lipinski definition) is 0. The van der Waals surface area contributed by atoms with E-state index in [0.717, 1.165) is 52.8 Å². The molecule has 0 aliphatic carbocycles. The lowest BCUT2D eigenvalue weighted by Gasteiger charge is -2.46. The molecule has 1 aliphatic rings. The normalized spacial score (nSPS) is 18.4. The van der Waals surface area contributed by atoms with Crippen molar-refractivity contribution in [2.45, 2.75) is 103 Å². The van der Waals surface area contributed by atoms with Gasteiger partial charge in [-0.3, -0.25) is 0 Å². The van der Waals surface area contributed by atoms with Crippen molar-refractivity contribution >= 4 is 30.3 Å². The van der Waals surface area contributed by atoms with Gasteiger partial charge in [0.1, 0.15) is 30.3 Å². The lowest BCUT2D eigenvalue weighted by Crippen LogP contribution is -2.66. The molecule has 0 amide bonds. The molecule has 7 nitrogen and oxygen atoms in total. The zero-order valence-corrected chi connectivity index (χ0v) is 43.0. The summed E-state index contributed by atoms with van der Waals surface area (Å²) in [4.78, 5) is 0. The minimum atomic E-state index is -2.60. The molecule has 0 N–H and O–H groups in total. The Kier molecular flexibility index (Phi) is 19.3. The molecular formula is C60H71ClO7Si. The zero-order chi connectivity index (χ0) is 48.5. The average molecular weight is 968 g/mol. The standard InChI is InChI=1S/C60H71ClO7Si/c1-7-36-64-55-41-54(61)49(39-46-32-34-50(35-33-46)63-8-2)40-53(55)58-59(66-43-48-26-16-10-17-27-48)57(65-42-47-24-14-9-15-25-47)45(3)56(68-58)44-62-37-22-13-23-38-67-69(60(4,5)6,51-28-18-11-19-29-51)52-30-20-12-21-31-52/h7,9-12,14-21,24-35,40-41,45,56-59H,1,8,13,22-23,36-39,42-44H2,2-6H3/t45-,56-,57+,58+,59-/m1/s1. The third-order valence-corrected chi connectivity index (χ3v) is 18.4. The van der Waals surface area contributed by atoms with Crippen molar-refractivity contribution in [3.63, 3.8) is 0 Å². The van der Waals surface area contributed by atoms with Crippen molar-refractivity contribution in [1.29, 1.82) is 0 Å². The quantitative estimate of drug-likeness (QED) is 0.0322. The molecule has 6 aromatic carbocycles. The van der Waals surface area contributed by atoms with Crippen LogP contribution in [0.3, 0.4) is 0 Å². The highest BCUT2D eigenvalue weighted by Crippen LogP contribution is 2.44. The van der Waals surface area contributed by atoms with E-state index in [1.54, 1.807) is 6.08 Å². The van der Waals surface area contributed by atoms with Gasteiger partial charge in [0.2, 0.25) is 0 Å². The molecule has 0 bridgehead atoms. The maximum Gasteiger partial charge on any atom is 0.261 e. The zero-order valence-electron chi connectivity index (χ0n) is 41.2. The Morgan fingerprint density at radius 1 is 0.667 bits per heavy atom. The lowest BCUT2D eigenvalue weighted by molar-refractivity contribution is -0.243. The summed E-state index contributed by atoms with van der Waals surface area (Å²) < 4.78 is 47.1. The second-order valence-corrected chi connectivity index (χ2v) is 23.7. The fourth-order valence-electron chi connectivity index (χ4n) is 9.49. The Hall–Kier alpha value is -5.03. The van der Waals surface area contributed by atoms with Crippen LogP contribution in [0.15, 0.2) is 170 Å². The van der Waals surface area contributed by atoms with Crippen LogP contribution in [-0.2, 0) is 43.0 Å². The van der Waals surface area contributed by atoms with E-state index < -0.39 is 20.5 Å². The first-order chi connectivity index (χ1) is 33.6. The molecule has 1 saturated heterocycles. The summed E-state index contributed by atoms with van der Waals surface area (Å²) in [7, 11) is -2.60. The number of unbranched alkanes of at least 4 members (excludes halogenated alkanes) is 2. The molecule has 0 aromatic heterocycles. The van der Waals surface area contributed by atoms with E-state index in [1.807, 2.05) is 61.5 Å². The monoisotopic (exact) mass is 966 g/mol. The topological polar surface area (TPSA) is 64.6 Å². The van der Waals surface area contributed by atoms with Gasteiger partial charge >= 0.3 is 0 Å². The predicted molar refractivity (Wildman–Crippen MR) is 283 cm³/mol. The first kappa shape index (κ1) is 51.8. The maximum atomic E-state index is 7.26. The molecule has 9 heteroatoms. The minimum absolute atomic E-state index is 0.0655. The molecule has 69 heavy (non-hydrogen) atoms. The van der Waals surface area contributed by atoms with Gasteiger partial charge in [0.05, 0.1) is 38.6 Å². The molecule has 7 rings (SSSR count). The van der Waals surface area contributed by atoms with Gasteiger partial charge in [-0.15, -0.1) is 0 Å². The first-order valence-electron chi connectivity index (χ1n) is 24.7. The Morgan fingerprint density at radius 3 is 1.80 bits per heavy atom. The van der Waals surface area contributed by atoms with Crippen molar-refractivity contribution in [2.24, 2.45) is 5.92 Å². The predicted octanol–water partition coefficient (Wildman–Crippen LogP) is 12.9. The number of benzene rings is 6. The Balaban J connectivity index is 1.11. The van der Waals surface area contributed by atoms with Crippen LogP contribution in [0.2, 0.25) is 10.1 Å². The van der Waals surface area contributed by atoms with Crippen LogP contribution in [-0.4, -0.2) is 59.7 Å². The molecule has 0 spiro atoms. The molecule has 0 saturated carbocycles. The molecule has 1 aliphatic heterocycles. The maximum absolute atomic E-state index is 7.26. The summed E-state index contributed by atoms with van der Waals surface area (Å²) >= 11 is 7.10. The summed E-state index contributed by atoms with van der Waals surface area (Å²) in [5.74, 6) is 1.36. The van der Waals surface area contributed by atoms with Crippen molar-refractivity contribution in [2.75, 3.05) is 33.0 Å². The van der Waals surface area contributed by atoms with Gasteiger partial charge < -0.3 is 32.8 Å². The number of halogens is 1. The largest absolute Gasteiger partial charge is 0.494 e. The van der Waals surface area contributed by atoms with Gasteiger partial charge in [0.15, 0.2) is 0 Å². The van der Waals surface area contributed by atoms with Gasteiger partial charge in [0, 0.05) is 29.7 Å². The molecule has 0 radical (unpaired) electrons. The van der Waals surface area contributed by atoms with Crippen LogP contribution >= 0.6 is 11.6 Å². The van der Waals surface area contributed by atoms with E-state index in [1.165, 1.54) is 10.4 Å². The highest BCUT2D eigenvalue weighted by molar-refractivity contribution is 6.99. The molecular weight excluding hydrogens is 896 g/mol. The number of rotatable bonds is 25. The summed E-state index contributed by atoms with van der Waals surface area (Å²) in [6.07, 6.45) is 3.37. The third-order valence-electron chi connectivity index (χ3n) is 13.0. The van der Waals surface area contributed by atoms with E-state index >= 15 is 0 Å². The van der Waals surface area contributed by atoms with Gasteiger partial charge in [-0.2, -0.15) is 0 Å². The van der Waals surface area contributed by atoms with E-state index in [0.29, 0.717) is 63.4 Å². The SMILES string of the molecule is C=CCOc1cc(Cl)c(Cc2ccc(OCC)cc2)cc1[C@@H]1O[C@H](COCCCCCO[Si](c2ccccc2)(c2ccccc2)C(C)(C)C)[C@@H](C)[C@H](OCc2ccccc2)[C@H]1OCc1ccccc1. The Morgan fingerprint density at radius 2 is 1.23 bits per heavy atom. The molecule has 1 fully saturated rings. The highest BCUT2D eigenvalue weighted by atomic mass is 35.5. The van der Waals surface area contributed by atoms with E-state index in [2.05, 4.69) is 137 Å². The van der Waals surface area contributed by atoms with Gasteiger partial charge in [-0.1, -0.05) is 185 Å². The van der Waals surface area contributed by atoms with Crippen LogP contribution in [0, 0.1) is 5.92 Å². The Labute approximate surface area is 417 Å². The summed E-state index contributed by atoms with van der Waals surface area (Å²) in [5.41, 5.74) is 5.03. The van der Waals surface area contributed by atoms with Crippen LogP contribution in [0.4, 0.5) is 0 Å². The number of hydrogen-bond acceptors (Lipinski definition) is 7. The van der Waals surface area contributed by atoms with E-state index in [4.69, 9.17) is 44.4 Å². The van der Waals surface area contributed by atoms with Gasteiger partial charge in [-0.25, -0.2) is 0 Å². The fourth-order valence-corrected chi connectivity index (χ4v) is 14.3. The average Bonchev–Trinajstić information content (AvgIpc) is 3.37. The van der Waals surface area contributed by atoms with Gasteiger partial charge in [-0.05, 0) is 94.5 Å².